The molecule has 0 fully saturated rings. The molecule has 0 bridgehead atoms. The van der Waals surface area contributed by atoms with Crippen LogP contribution in [0, 0.1) is 6.92 Å². The van der Waals surface area contributed by atoms with E-state index in [4.69, 9.17) is 14.8 Å². The molecule has 0 aliphatic carbocycles. The Hall–Kier alpha value is -3.73. The average Bonchev–Trinajstić information content (AvgIpc) is 3.15. The first-order valence-electron chi connectivity index (χ1n) is 10.0. The Kier molecular flexibility index (Phi) is 4.64. The summed E-state index contributed by atoms with van der Waals surface area (Å²) in [6.45, 7) is 2.05. The lowest BCUT2D eigenvalue weighted by Gasteiger charge is -2.26. The lowest BCUT2D eigenvalue weighted by molar-refractivity contribution is 0.413. The lowest BCUT2D eigenvalue weighted by atomic mass is 9.95. The van der Waals surface area contributed by atoms with Gasteiger partial charge in [0, 0.05) is 29.9 Å². The molecule has 148 valence electrons. The second kappa shape index (κ2) is 7.59. The first kappa shape index (κ1) is 18.3. The highest BCUT2D eigenvalue weighted by Gasteiger charge is 2.30. The molecule has 3 heterocycles. The van der Waals surface area contributed by atoms with E-state index in [1.54, 1.807) is 7.11 Å². The van der Waals surface area contributed by atoms with Crippen LogP contribution < -0.4 is 4.74 Å². The van der Waals surface area contributed by atoms with Gasteiger partial charge >= 0.3 is 0 Å². The maximum absolute atomic E-state index is 5.63. The van der Waals surface area contributed by atoms with Gasteiger partial charge in [0.15, 0.2) is 5.82 Å². The average molecular weight is 394 g/mol. The molecule has 4 aromatic rings. The van der Waals surface area contributed by atoms with Crippen LogP contribution in [0.5, 0.6) is 5.75 Å². The summed E-state index contributed by atoms with van der Waals surface area (Å²) in [5, 5.41) is 4.91. The van der Waals surface area contributed by atoms with Crippen molar-refractivity contribution in [1.82, 2.24) is 14.8 Å². The fourth-order valence-corrected chi connectivity index (χ4v) is 4.14. The van der Waals surface area contributed by atoms with E-state index in [2.05, 4.69) is 46.9 Å². The molecule has 30 heavy (non-hydrogen) atoms. The number of methoxy groups -OCH3 is 1. The van der Waals surface area contributed by atoms with Gasteiger partial charge in [-0.05, 0) is 42.3 Å². The molecular formula is C25H22N4O. The molecule has 5 rings (SSSR count). The van der Waals surface area contributed by atoms with Gasteiger partial charge in [0.05, 0.1) is 24.6 Å². The van der Waals surface area contributed by atoms with Crippen molar-refractivity contribution in [2.75, 3.05) is 7.11 Å². The minimum atomic E-state index is 0.0385. The summed E-state index contributed by atoms with van der Waals surface area (Å²) in [5.74, 6) is 1.71. The van der Waals surface area contributed by atoms with Gasteiger partial charge in [0.2, 0.25) is 0 Å². The third kappa shape index (κ3) is 3.08. The number of pyridine rings is 1. The van der Waals surface area contributed by atoms with E-state index in [0.29, 0.717) is 0 Å². The Balaban J connectivity index is 1.75. The quantitative estimate of drug-likeness (QED) is 0.467. The Morgan fingerprint density at radius 3 is 2.43 bits per heavy atom. The maximum Gasteiger partial charge on any atom is 0.159 e. The van der Waals surface area contributed by atoms with E-state index < -0.39 is 0 Å². The molecule has 5 heteroatoms. The Morgan fingerprint density at radius 2 is 1.67 bits per heavy atom. The van der Waals surface area contributed by atoms with Crippen molar-refractivity contribution in [3.05, 3.63) is 95.9 Å². The molecule has 1 unspecified atom stereocenters. The van der Waals surface area contributed by atoms with E-state index in [9.17, 15) is 0 Å². The van der Waals surface area contributed by atoms with E-state index in [0.717, 1.165) is 51.6 Å². The molecule has 1 atom stereocenters. The third-order valence-electron chi connectivity index (χ3n) is 5.55. The van der Waals surface area contributed by atoms with Gasteiger partial charge in [-0.15, -0.1) is 0 Å². The minimum Gasteiger partial charge on any atom is -0.496 e. The molecule has 0 spiro atoms. The molecular weight excluding hydrogens is 372 g/mol. The van der Waals surface area contributed by atoms with Crippen LogP contribution in [0.4, 0.5) is 5.82 Å². The summed E-state index contributed by atoms with van der Waals surface area (Å²) < 4.78 is 7.70. The molecule has 1 aliphatic heterocycles. The van der Waals surface area contributed by atoms with Gasteiger partial charge < -0.3 is 4.74 Å². The third-order valence-corrected chi connectivity index (χ3v) is 5.55. The van der Waals surface area contributed by atoms with E-state index in [-0.39, 0.29) is 6.04 Å². The van der Waals surface area contributed by atoms with Crippen LogP contribution in [0.15, 0.2) is 84.1 Å². The maximum atomic E-state index is 5.63. The highest BCUT2D eigenvalue weighted by molar-refractivity contribution is 6.06. The molecule has 2 aromatic carbocycles. The number of para-hydroxylation sites is 1. The smallest absolute Gasteiger partial charge is 0.159 e. The molecule has 0 amide bonds. The van der Waals surface area contributed by atoms with Crippen LogP contribution in [0.25, 0.3) is 11.1 Å². The predicted molar refractivity (Wildman–Crippen MR) is 119 cm³/mol. The van der Waals surface area contributed by atoms with E-state index >= 15 is 0 Å². The first-order valence-corrected chi connectivity index (χ1v) is 10.0. The normalized spacial score (nSPS) is 15.4. The molecule has 5 nitrogen and oxygen atoms in total. The van der Waals surface area contributed by atoms with Gasteiger partial charge in [-0.1, -0.05) is 42.5 Å². The number of ether oxygens (including phenoxy) is 1. The molecule has 0 saturated heterocycles. The minimum absolute atomic E-state index is 0.0385. The predicted octanol–water partition coefficient (Wildman–Crippen LogP) is 5.38. The number of fused-ring (bicyclic) bond motifs is 1. The van der Waals surface area contributed by atoms with Gasteiger partial charge in [-0.3, -0.25) is 4.98 Å². The Bertz CT molecular complexity index is 1210. The molecule has 2 aromatic heterocycles. The Labute approximate surface area is 175 Å². The van der Waals surface area contributed by atoms with Crippen molar-refractivity contribution in [3.8, 4) is 16.9 Å². The first-order chi connectivity index (χ1) is 14.8. The zero-order chi connectivity index (χ0) is 20.5. The summed E-state index contributed by atoms with van der Waals surface area (Å²) >= 11 is 0. The summed E-state index contributed by atoms with van der Waals surface area (Å²) in [5.41, 5.74) is 6.34. The number of aryl methyl sites for hydroxylation is 1. The summed E-state index contributed by atoms with van der Waals surface area (Å²) in [4.78, 5) is 9.31. The van der Waals surface area contributed by atoms with Crippen molar-refractivity contribution in [2.24, 2.45) is 4.99 Å². The van der Waals surface area contributed by atoms with E-state index in [1.807, 2.05) is 48.8 Å². The fraction of sp³-hybridized carbons (Fsp3) is 0.160. The number of hydrogen-bond acceptors (Lipinski definition) is 4. The van der Waals surface area contributed by atoms with Gasteiger partial charge in [0.1, 0.15) is 5.75 Å². The number of nitrogens with zero attached hydrogens (tertiary/aromatic N) is 4. The number of aromatic nitrogens is 3. The topological polar surface area (TPSA) is 52.3 Å². The number of benzene rings is 2. The summed E-state index contributed by atoms with van der Waals surface area (Å²) in [6, 6.07) is 22.6. The van der Waals surface area contributed by atoms with Crippen molar-refractivity contribution in [3.63, 3.8) is 0 Å². The molecule has 0 N–H and O–H groups in total. The van der Waals surface area contributed by atoms with Crippen LogP contribution in [0.2, 0.25) is 0 Å². The van der Waals surface area contributed by atoms with Crippen LogP contribution in [-0.4, -0.2) is 27.6 Å². The van der Waals surface area contributed by atoms with Gasteiger partial charge in [-0.2, -0.15) is 5.10 Å². The van der Waals surface area contributed by atoms with Crippen LogP contribution in [0.3, 0.4) is 0 Å². The fourth-order valence-electron chi connectivity index (χ4n) is 4.14. The highest BCUT2D eigenvalue weighted by atomic mass is 16.5. The van der Waals surface area contributed by atoms with E-state index in [1.165, 1.54) is 0 Å². The standard InChI is InChI=1S/C25H22N4O/c1-17-24(19-8-4-3-5-9-19)25-27-21(20-10-6-7-11-23(20)30-2)16-22(29(25)28-17)18-12-14-26-15-13-18/h3-15,22H,16H2,1-2H3. The van der Waals surface area contributed by atoms with Gasteiger partial charge in [0.25, 0.3) is 0 Å². The molecule has 0 saturated carbocycles. The molecule has 0 radical (unpaired) electrons. The van der Waals surface area contributed by atoms with Crippen LogP contribution >= 0.6 is 0 Å². The lowest BCUT2D eigenvalue weighted by Crippen LogP contribution is -2.21. The van der Waals surface area contributed by atoms with Crippen LogP contribution in [0.1, 0.15) is 29.3 Å². The molecule has 1 aliphatic rings. The Morgan fingerprint density at radius 1 is 0.933 bits per heavy atom. The second-order valence-corrected chi connectivity index (χ2v) is 7.35. The zero-order valence-electron chi connectivity index (χ0n) is 17.0. The van der Waals surface area contributed by atoms with Crippen molar-refractivity contribution in [1.29, 1.82) is 0 Å². The number of rotatable bonds is 4. The van der Waals surface area contributed by atoms with Gasteiger partial charge in [-0.25, -0.2) is 9.67 Å². The second-order valence-electron chi connectivity index (χ2n) is 7.35. The number of hydrogen-bond donors (Lipinski definition) is 0. The van der Waals surface area contributed by atoms with Crippen LogP contribution in [-0.2, 0) is 0 Å². The van der Waals surface area contributed by atoms with Crippen molar-refractivity contribution >= 4 is 11.5 Å². The van der Waals surface area contributed by atoms with Crippen molar-refractivity contribution < 1.29 is 4.74 Å². The zero-order valence-corrected chi connectivity index (χ0v) is 17.0. The van der Waals surface area contributed by atoms with Crippen molar-refractivity contribution in [2.45, 2.75) is 19.4 Å². The largest absolute Gasteiger partial charge is 0.496 e. The monoisotopic (exact) mass is 394 g/mol. The SMILES string of the molecule is COc1ccccc1C1=Nc2c(-c3ccccc3)c(C)nn2C(c2ccncc2)C1. The summed E-state index contributed by atoms with van der Waals surface area (Å²) in [6.07, 6.45) is 4.39. The summed E-state index contributed by atoms with van der Waals surface area (Å²) in [7, 11) is 1.70. The highest BCUT2D eigenvalue weighted by Crippen LogP contribution is 2.42. The number of aliphatic imine (C=N–C) groups is 1.